The quantitative estimate of drug-likeness (QED) is 0.857. The number of rotatable bonds is 6. The SMILES string of the molecule is CCc1ccc(OC)c(C(CC2COC2)C(=O)O)c1. The topological polar surface area (TPSA) is 55.8 Å². The second kappa shape index (κ2) is 6.06. The maximum atomic E-state index is 11.5. The van der Waals surface area contributed by atoms with E-state index in [-0.39, 0.29) is 0 Å². The summed E-state index contributed by atoms with van der Waals surface area (Å²) in [5.41, 5.74) is 1.91. The Morgan fingerprint density at radius 1 is 1.53 bits per heavy atom. The largest absolute Gasteiger partial charge is 0.496 e. The number of carboxylic acid groups (broad SMARTS) is 1. The minimum atomic E-state index is -0.793. The first-order valence-corrected chi connectivity index (χ1v) is 6.63. The number of benzene rings is 1. The van der Waals surface area contributed by atoms with Crippen molar-refractivity contribution in [2.75, 3.05) is 20.3 Å². The average Bonchev–Trinajstić information content (AvgIpc) is 2.36. The molecule has 19 heavy (non-hydrogen) atoms. The van der Waals surface area contributed by atoms with Gasteiger partial charge in [-0.25, -0.2) is 0 Å². The third kappa shape index (κ3) is 3.07. The molecule has 1 aliphatic rings. The van der Waals surface area contributed by atoms with Crippen molar-refractivity contribution in [2.45, 2.75) is 25.7 Å². The standard InChI is InChI=1S/C15H20O4/c1-3-10-4-5-14(18-2)12(6-10)13(15(16)17)7-11-8-19-9-11/h4-6,11,13H,3,7-9H2,1-2H3,(H,16,17). The fourth-order valence-corrected chi connectivity index (χ4v) is 2.39. The minimum Gasteiger partial charge on any atom is -0.496 e. The maximum absolute atomic E-state index is 11.5. The van der Waals surface area contributed by atoms with Crippen molar-refractivity contribution in [3.8, 4) is 5.75 Å². The summed E-state index contributed by atoms with van der Waals surface area (Å²) in [5, 5.41) is 9.48. The Labute approximate surface area is 113 Å². The van der Waals surface area contributed by atoms with Crippen molar-refractivity contribution < 1.29 is 19.4 Å². The Morgan fingerprint density at radius 3 is 2.74 bits per heavy atom. The van der Waals surface area contributed by atoms with Crippen LogP contribution in [0.2, 0.25) is 0 Å². The Hall–Kier alpha value is -1.55. The maximum Gasteiger partial charge on any atom is 0.311 e. The van der Waals surface area contributed by atoms with E-state index in [1.165, 1.54) is 0 Å². The molecule has 0 saturated carbocycles. The third-order valence-electron chi connectivity index (χ3n) is 3.65. The molecule has 1 aromatic rings. The summed E-state index contributed by atoms with van der Waals surface area (Å²) >= 11 is 0. The van der Waals surface area contributed by atoms with Crippen LogP contribution in [0.5, 0.6) is 5.75 Å². The molecule has 0 radical (unpaired) electrons. The van der Waals surface area contributed by atoms with E-state index in [0.29, 0.717) is 31.3 Å². The highest BCUT2D eigenvalue weighted by Gasteiger charge is 2.30. The van der Waals surface area contributed by atoms with Crippen LogP contribution in [0.3, 0.4) is 0 Å². The Bertz CT molecular complexity index is 451. The average molecular weight is 264 g/mol. The summed E-state index contributed by atoms with van der Waals surface area (Å²) in [7, 11) is 1.58. The first kappa shape index (κ1) is 13.9. The summed E-state index contributed by atoms with van der Waals surface area (Å²) in [5.74, 6) is -0.310. The number of hydrogen-bond acceptors (Lipinski definition) is 3. The van der Waals surface area contributed by atoms with Gasteiger partial charge in [0.05, 0.1) is 26.2 Å². The van der Waals surface area contributed by atoms with Crippen LogP contribution in [0.15, 0.2) is 18.2 Å². The molecular weight excluding hydrogens is 244 g/mol. The molecule has 1 atom stereocenters. The minimum absolute atomic E-state index is 0.344. The van der Waals surface area contributed by atoms with Crippen LogP contribution in [0.25, 0.3) is 0 Å². The third-order valence-corrected chi connectivity index (χ3v) is 3.65. The molecular formula is C15H20O4. The molecule has 1 heterocycles. The van der Waals surface area contributed by atoms with Crippen molar-refractivity contribution in [1.82, 2.24) is 0 Å². The van der Waals surface area contributed by atoms with Crippen LogP contribution in [0.1, 0.15) is 30.4 Å². The van der Waals surface area contributed by atoms with E-state index in [2.05, 4.69) is 6.92 Å². The summed E-state index contributed by atoms with van der Waals surface area (Å²) in [6, 6.07) is 5.80. The van der Waals surface area contributed by atoms with Gasteiger partial charge in [0.2, 0.25) is 0 Å². The normalized spacial score (nSPS) is 16.7. The van der Waals surface area contributed by atoms with E-state index in [1.807, 2.05) is 18.2 Å². The molecule has 0 spiro atoms. The molecule has 1 N–H and O–H groups in total. The van der Waals surface area contributed by atoms with Gasteiger partial charge >= 0.3 is 5.97 Å². The number of ether oxygens (including phenoxy) is 2. The first-order chi connectivity index (χ1) is 9.15. The van der Waals surface area contributed by atoms with Gasteiger partial charge in [-0.05, 0) is 24.5 Å². The van der Waals surface area contributed by atoms with Crippen LogP contribution in [-0.2, 0) is 16.0 Å². The first-order valence-electron chi connectivity index (χ1n) is 6.63. The Kier molecular flexibility index (Phi) is 4.43. The molecule has 4 nitrogen and oxygen atoms in total. The molecule has 4 heteroatoms. The number of methoxy groups -OCH3 is 1. The van der Waals surface area contributed by atoms with Crippen LogP contribution < -0.4 is 4.74 Å². The number of hydrogen-bond donors (Lipinski definition) is 1. The predicted molar refractivity (Wildman–Crippen MR) is 71.7 cm³/mol. The molecule has 1 saturated heterocycles. The Balaban J connectivity index is 2.30. The van der Waals surface area contributed by atoms with E-state index in [1.54, 1.807) is 7.11 Å². The lowest BCUT2D eigenvalue weighted by atomic mass is 9.86. The van der Waals surface area contributed by atoms with E-state index in [0.717, 1.165) is 17.5 Å². The van der Waals surface area contributed by atoms with Crippen LogP contribution in [-0.4, -0.2) is 31.4 Å². The van der Waals surface area contributed by atoms with Gasteiger partial charge in [-0.3, -0.25) is 4.79 Å². The highest BCUT2D eigenvalue weighted by molar-refractivity contribution is 5.77. The Morgan fingerprint density at radius 2 is 2.26 bits per heavy atom. The smallest absolute Gasteiger partial charge is 0.311 e. The second-order valence-corrected chi connectivity index (χ2v) is 4.96. The van der Waals surface area contributed by atoms with Crippen molar-refractivity contribution >= 4 is 5.97 Å². The lowest BCUT2D eigenvalue weighted by Crippen LogP contribution is -2.31. The summed E-state index contributed by atoms with van der Waals surface area (Å²) in [6.07, 6.45) is 1.49. The second-order valence-electron chi connectivity index (χ2n) is 4.96. The molecule has 1 aliphatic heterocycles. The molecule has 104 valence electrons. The molecule has 2 rings (SSSR count). The zero-order chi connectivity index (χ0) is 13.8. The van der Waals surface area contributed by atoms with Gasteiger partial charge in [-0.1, -0.05) is 19.1 Å². The summed E-state index contributed by atoms with van der Waals surface area (Å²) in [4.78, 5) is 11.5. The monoisotopic (exact) mass is 264 g/mol. The lowest BCUT2D eigenvalue weighted by Gasteiger charge is -2.29. The molecule has 1 aromatic carbocycles. The molecule has 0 aliphatic carbocycles. The number of aryl methyl sites for hydroxylation is 1. The lowest BCUT2D eigenvalue weighted by molar-refractivity contribution is -0.140. The van der Waals surface area contributed by atoms with Gasteiger partial charge in [0.15, 0.2) is 0 Å². The highest BCUT2D eigenvalue weighted by atomic mass is 16.5. The van der Waals surface area contributed by atoms with Crippen LogP contribution in [0, 0.1) is 5.92 Å². The van der Waals surface area contributed by atoms with Gasteiger partial charge in [0.1, 0.15) is 5.75 Å². The van der Waals surface area contributed by atoms with Crippen molar-refractivity contribution in [2.24, 2.45) is 5.92 Å². The van der Waals surface area contributed by atoms with E-state index >= 15 is 0 Å². The van der Waals surface area contributed by atoms with E-state index in [9.17, 15) is 9.90 Å². The summed E-state index contributed by atoms with van der Waals surface area (Å²) < 4.78 is 10.4. The van der Waals surface area contributed by atoms with Crippen LogP contribution >= 0.6 is 0 Å². The van der Waals surface area contributed by atoms with E-state index < -0.39 is 11.9 Å². The highest BCUT2D eigenvalue weighted by Crippen LogP contribution is 2.34. The van der Waals surface area contributed by atoms with Gasteiger partial charge in [-0.2, -0.15) is 0 Å². The number of carbonyl (C=O) groups is 1. The molecule has 1 unspecified atom stereocenters. The van der Waals surface area contributed by atoms with E-state index in [4.69, 9.17) is 9.47 Å². The zero-order valence-electron chi connectivity index (χ0n) is 11.4. The van der Waals surface area contributed by atoms with Crippen molar-refractivity contribution in [1.29, 1.82) is 0 Å². The predicted octanol–water partition coefficient (Wildman–Crippen LogP) is 2.46. The molecule has 0 aromatic heterocycles. The van der Waals surface area contributed by atoms with Crippen molar-refractivity contribution in [3.05, 3.63) is 29.3 Å². The number of carboxylic acids is 1. The molecule has 0 bridgehead atoms. The molecule has 0 amide bonds. The van der Waals surface area contributed by atoms with Gasteiger partial charge in [0.25, 0.3) is 0 Å². The number of aliphatic carboxylic acids is 1. The van der Waals surface area contributed by atoms with Gasteiger partial charge < -0.3 is 14.6 Å². The van der Waals surface area contributed by atoms with Gasteiger partial charge in [0, 0.05) is 11.5 Å². The fraction of sp³-hybridized carbons (Fsp3) is 0.533. The summed E-state index contributed by atoms with van der Waals surface area (Å²) in [6.45, 7) is 3.39. The molecule has 1 fully saturated rings. The fourth-order valence-electron chi connectivity index (χ4n) is 2.39. The van der Waals surface area contributed by atoms with Gasteiger partial charge in [-0.15, -0.1) is 0 Å². The zero-order valence-corrected chi connectivity index (χ0v) is 11.4. The van der Waals surface area contributed by atoms with Crippen LogP contribution in [0.4, 0.5) is 0 Å². The van der Waals surface area contributed by atoms with Crippen molar-refractivity contribution in [3.63, 3.8) is 0 Å².